The van der Waals surface area contributed by atoms with E-state index in [1.165, 1.54) is 6.07 Å². The van der Waals surface area contributed by atoms with Crippen LogP contribution in [-0.2, 0) is 29.7 Å². The third-order valence-electron chi connectivity index (χ3n) is 11.1. The molecule has 6 heterocycles. The topological polar surface area (TPSA) is 103 Å². The third-order valence-corrected chi connectivity index (χ3v) is 11.1. The monoisotopic (exact) mass is 593 g/mol. The predicted octanol–water partition coefficient (Wildman–Crippen LogP) is 2.58. The molecule has 2 N–H and O–H groups in total. The fraction of sp³-hybridized carbons (Fsp3) is 0.613. The second-order valence-corrected chi connectivity index (χ2v) is 13.5. The summed E-state index contributed by atoms with van der Waals surface area (Å²) in [5.74, 6) is 0.215. The highest BCUT2D eigenvalue weighted by Gasteiger charge is 2.52. The van der Waals surface area contributed by atoms with Crippen LogP contribution in [0, 0.1) is 5.82 Å². The van der Waals surface area contributed by atoms with Crippen molar-refractivity contribution >= 4 is 17.8 Å². The Labute approximate surface area is 249 Å². The number of imide groups is 1. The molecule has 5 aliphatic heterocycles. The molecule has 1 aliphatic carbocycles. The number of carbonyl (C=O) groups excluding carboxylic acids is 2. The zero-order valence-electron chi connectivity index (χ0n) is 24.4. The number of anilines is 1. The number of fused-ring (bicyclic) bond motifs is 4. The zero-order valence-corrected chi connectivity index (χ0v) is 24.4. The van der Waals surface area contributed by atoms with Gasteiger partial charge in [-0.2, -0.15) is 9.97 Å². The molecule has 1 aromatic carbocycles. The first-order valence-electron chi connectivity index (χ1n) is 15.5. The number of urea groups is 1. The van der Waals surface area contributed by atoms with Gasteiger partial charge < -0.3 is 15.0 Å². The molecular weight excluding hydrogens is 556 g/mol. The van der Waals surface area contributed by atoms with Gasteiger partial charge in [-0.25, -0.2) is 13.6 Å². The summed E-state index contributed by atoms with van der Waals surface area (Å²) in [5.41, 5.74) is 1.83. The Kier molecular flexibility index (Phi) is 6.04. The Morgan fingerprint density at radius 3 is 2.81 bits per heavy atom. The van der Waals surface area contributed by atoms with E-state index in [-0.39, 0.29) is 29.8 Å². The number of ether oxygens (including phenoxy) is 1. The van der Waals surface area contributed by atoms with Crippen molar-refractivity contribution in [2.45, 2.75) is 80.7 Å². The van der Waals surface area contributed by atoms with Crippen molar-refractivity contribution < 1.29 is 23.1 Å². The second-order valence-electron chi connectivity index (χ2n) is 13.5. The van der Waals surface area contributed by atoms with Gasteiger partial charge in [0.1, 0.15) is 30.0 Å². The number of alkyl halides is 1. The smallest absolute Gasteiger partial charge is 0.322 e. The fourth-order valence-electron chi connectivity index (χ4n) is 8.92. The molecule has 228 valence electrons. The third kappa shape index (κ3) is 4.08. The minimum atomic E-state index is -1.01. The fourth-order valence-corrected chi connectivity index (χ4v) is 8.92. The largest absolute Gasteiger partial charge is 0.461 e. The number of carbonyl (C=O) groups is 2. The highest BCUT2D eigenvalue weighted by molar-refractivity contribution is 6.07. The molecule has 4 saturated heterocycles. The molecule has 1 aromatic heterocycles. The zero-order chi connectivity index (χ0) is 29.6. The van der Waals surface area contributed by atoms with Gasteiger partial charge in [-0.1, -0.05) is 12.1 Å². The summed E-state index contributed by atoms with van der Waals surface area (Å²) in [6.45, 7) is 3.12. The van der Waals surface area contributed by atoms with Gasteiger partial charge in [0.15, 0.2) is 0 Å². The first-order valence-corrected chi connectivity index (χ1v) is 15.5. The molecule has 4 fully saturated rings. The molecule has 3 amide bonds. The molecule has 43 heavy (non-hydrogen) atoms. The van der Waals surface area contributed by atoms with Gasteiger partial charge in [0.2, 0.25) is 0 Å². The molecule has 2 spiro atoms. The number of hydrogen-bond acceptors (Lipinski definition) is 8. The van der Waals surface area contributed by atoms with E-state index in [0.29, 0.717) is 64.2 Å². The summed E-state index contributed by atoms with van der Waals surface area (Å²) in [6.07, 6.45) is 4.74. The maximum absolute atomic E-state index is 14.8. The van der Waals surface area contributed by atoms with Crippen LogP contribution in [0.4, 0.5) is 19.4 Å². The van der Waals surface area contributed by atoms with E-state index in [2.05, 4.69) is 32.4 Å². The van der Waals surface area contributed by atoms with E-state index in [0.717, 1.165) is 48.2 Å². The van der Waals surface area contributed by atoms with E-state index >= 15 is 0 Å². The Balaban J connectivity index is 1.18. The van der Waals surface area contributed by atoms with Gasteiger partial charge in [-0.15, -0.1) is 0 Å². The summed E-state index contributed by atoms with van der Waals surface area (Å²) in [4.78, 5) is 41.5. The number of amides is 3. The SMILES string of the molecule is CN1Cc2c(nc(OC[C@@]34CCCN3CC(F)C4)nc2N2CCC[C@]3(C2)NC(=O)NC3=O)C[C@]12CCc1c(F)cccc12. The number of nitrogens with zero attached hydrogens (tertiary/aromatic N) is 5. The van der Waals surface area contributed by atoms with Crippen molar-refractivity contribution in [2.75, 3.05) is 44.7 Å². The predicted molar refractivity (Wildman–Crippen MR) is 153 cm³/mol. The van der Waals surface area contributed by atoms with Gasteiger partial charge in [0, 0.05) is 38.0 Å². The van der Waals surface area contributed by atoms with Crippen molar-refractivity contribution in [1.29, 1.82) is 0 Å². The lowest BCUT2D eigenvalue weighted by Gasteiger charge is -2.46. The highest BCUT2D eigenvalue weighted by Crippen LogP contribution is 2.49. The number of rotatable bonds is 4. The Bertz CT molecular complexity index is 1520. The molecule has 10 nitrogen and oxygen atoms in total. The van der Waals surface area contributed by atoms with E-state index in [4.69, 9.17) is 14.7 Å². The summed E-state index contributed by atoms with van der Waals surface area (Å²) in [7, 11) is 2.07. The van der Waals surface area contributed by atoms with Crippen LogP contribution in [0.3, 0.4) is 0 Å². The van der Waals surface area contributed by atoms with E-state index in [1.54, 1.807) is 6.07 Å². The van der Waals surface area contributed by atoms with E-state index in [9.17, 15) is 18.4 Å². The lowest BCUT2D eigenvalue weighted by Crippen LogP contribution is -2.59. The van der Waals surface area contributed by atoms with Crippen molar-refractivity contribution in [1.82, 2.24) is 30.4 Å². The molecule has 0 bridgehead atoms. The molecule has 0 radical (unpaired) electrons. The summed E-state index contributed by atoms with van der Waals surface area (Å²) in [5, 5.41) is 5.27. The van der Waals surface area contributed by atoms with E-state index in [1.807, 2.05) is 6.07 Å². The minimum Gasteiger partial charge on any atom is -0.461 e. The molecule has 6 aliphatic rings. The Morgan fingerprint density at radius 2 is 1.98 bits per heavy atom. The summed E-state index contributed by atoms with van der Waals surface area (Å²) in [6, 6.07) is 5.11. The van der Waals surface area contributed by atoms with Crippen LogP contribution >= 0.6 is 0 Å². The van der Waals surface area contributed by atoms with Crippen LogP contribution in [0.5, 0.6) is 6.01 Å². The molecule has 4 atom stereocenters. The molecule has 0 saturated carbocycles. The van der Waals surface area contributed by atoms with Crippen LogP contribution in [-0.4, -0.2) is 88.8 Å². The Morgan fingerprint density at radius 1 is 1.12 bits per heavy atom. The van der Waals surface area contributed by atoms with Crippen LogP contribution in [0.1, 0.15) is 60.9 Å². The lowest BCUT2D eigenvalue weighted by molar-refractivity contribution is -0.124. The first-order chi connectivity index (χ1) is 20.7. The molecular formula is C31H37F2N7O3. The normalized spacial score (nSPS) is 33.6. The van der Waals surface area contributed by atoms with Crippen LogP contribution < -0.4 is 20.3 Å². The number of benzene rings is 1. The van der Waals surface area contributed by atoms with Crippen molar-refractivity contribution in [2.24, 2.45) is 0 Å². The highest BCUT2D eigenvalue weighted by atomic mass is 19.1. The molecule has 2 aromatic rings. The van der Waals surface area contributed by atoms with Crippen molar-refractivity contribution in [3.8, 4) is 6.01 Å². The average Bonchev–Trinajstić information content (AvgIpc) is 3.69. The first kappa shape index (κ1) is 27.2. The molecule has 12 heteroatoms. The van der Waals surface area contributed by atoms with Crippen LogP contribution in [0.25, 0.3) is 0 Å². The Hall–Kier alpha value is -3.38. The van der Waals surface area contributed by atoms with Gasteiger partial charge >= 0.3 is 12.0 Å². The maximum Gasteiger partial charge on any atom is 0.322 e. The van der Waals surface area contributed by atoms with Crippen molar-refractivity contribution in [3.05, 3.63) is 46.4 Å². The summed E-state index contributed by atoms with van der Waals surface area (Å²) >= 11 is 0. The number of nitrogens with one attached hydrogen (secondary N) is 2. The lowest BCUT2D eigenvalue weighted by atomic mass is 9.80. The maximum atomic E-state index is 14.8. The van der Waals surface area contributed by atoms with Crippen LogP contribution in [0.2, 0.25) is 0 Å². The molecule has 8 rings (SSSR count). The van der Waals surface area contributed by atoms with Gasteiger partial charge in [0.25, 0.3) is 5.91 Å². The number of likely N-dealkylation sites (N-methyl/N-ethyl adjacent to an activating group) is 1. The molecule has 1 unspecified atom stereocenters. The number of aromatic nitrogens is 2. The summed E-state index contributed by atoms with van der Waals surface area (Å²) < 4.78 is 35.7. The average molecular weight is 594 g/mol. The van der Waals surface area contributed by atoms with Crippen LogP contribution in [0.15, 0.2) is 18.2 Å². The number of hydrogen-bond donors (Lipinski definition) is 2. The number of halogens is 2. The quantitative estimate of drug-likeness (QED) is 0.522. The standard InChI is InChI=1S/C31H37F2N7O3/c1-38-16-21-24(14-31(38)10-7-20-22(31)5-2-6-23(20)33)34-28(43-18-29-8-3-12-40(29)15-19(32)13-29)35-25(21)39-11-4-9-30(17-39)26(41)36-27(42)37-30/h2,5-6,19H,3-4,7-18H2,1H3,(H2,36,37,41,42)/t19?,29-,30+,31-/m0/s1. The van der Waals surface area contributed by atoms with Crippen molar-refractivity contribution in [3.63, 3.8) is 0 Å². The second kappa shape index (κ2) is 9.56. The van der Waals surface area contributed by atoms with E-state index < -0.39 is 23.3 Å². The minimum absolute atomic E-state index is 0.167. The van der Waals surface area contributed by atoms with Gasteiger partial charge in [-0.05, 0) is 69.3 Å². The number of piperidine rings is 1. The van der Waals surface area contributed by atoms with Gasteiger partial charge in [-0.3, -0.25) is 19.9 Å². The van der Waals surface area contributed by atoms with Gasteiger partial charge in [0.05, 0.1) is 23.3 Å².